The Bertz CT molecular complexity index is 1220. The first-order valence-corrected chi connectivity index (χ1v) is 10.4. The maximum absolute atomic E-state index is 12.8. The van der Waals surface area contributed by atoms with Gasteiger partial charge in [0.15, 0.2) is 0 Å². The van der Waals surface area contributed by atoms with Gasteiger partial charge in [0.25, 0.3) is 15.9 Å². The fourth-order valence-electron chi connectivity index (χ4n) is 3.29. The summed E-state index contributed by atoms with van der Waals surface area (Å²) in [5.41, 5.74) is 5.47. The lowest BCUT2D eigenvalue weighted by molar-refractivity contribution is -0.121. The van der Waals surface area contributed by atoms with Crippen LogP contribution in [0, 0.1) is 6.92 Å². The summed E-state index contributed by atoms with van der Waals surface area (Å²) in [6, 6.07) is 16.1. The van der Waals surface area contributed by atoms with Gasteiger partial charge in [-0.25, -0.2) is 13.8 Å². The van der Waals surface area contributed by atoms with E-state index < -0.39 is 10.0 Å². The molecule has 0 radical (unpaired) electrons. The highest BCUT2D eigenvalue weighted by Crippen LogP contribution is 2.43. The lowest BCUT2D eigenvalue weighted by atomic mass is 10.1. The molecule has 1 aliphatic rings. The smallest absolute Gasteiger partial charge is 0.264 e. The third kappa shape index (κ3) is 3.29. The van der Waals surface area contributed by atoms with Crippen LogP contribution in [0.25, 0.3) is 11.3 Å². The van der Waals surface area contributed by atoms with Crippen LogP contribution >= 0.6 is 0 Å². The summed E-state index contributed by atoms with van der Waals surface area (Å²) in [4.78, 5) is 12.5. The number of aromatic nitrogens is 2. The van der Waals surface area contributed by atoms with Crippen LogP contribution in [0.2, 0.25) is 0 Å². The van der Waals surface area contributed by atoms with Gasteiger partial charge in [0, 0.05) is 12.6 Å². The number of nitrogens with zero attached hydrogens (tertiary/aromatic N) is 4. The molecule has 0 fully saturated rings. The molecule has 8 nitrogen and oxygen atoms in total. The molecular formula is C20H19N5O3S. The number of sulfonamides is 1. The second-order valence-corrected chi connectivity index (χ2v) is 8.55. The molecule has 3 aromatic rings. The van der Waals surface area contributed by atoms with E-state index >= 15 is 0 Å². The van der Waals surface area contributed by atoms with Crippen molar-refractivity contribution in [2.75, 3.05) is 11.4 Å². The molecule has 0 unspecified atom stereocenters. The first-order chi connectivity index (χ1) is 13.9. The average Bonchev–Trinajstić information content (AvgIpc) is 3.03. The van der Waals surface area contributed by atoms with E-state index in [-0.39, 0.29) is 17.3 Å². The van der Waals surface area contributed by atoms with Crippen LogP contribution in [0.15, 0.2) is 64.6 Å². The largest absolute Gasteiger partial charge is 0.271 e. The van der Waals surface area contributed by atoms with Crippen molar-refractivity contribution in [1.29, 1.82) is 0 Å². The van der Waals surface area contributed by atoms with Crippen LogP contribution in [0.4, 0.5) is 5.69 Å². The Morgan fingerprint density at radius 2 is 1.83 bits per heavy atom. The lowest BCUT2D eigenvalue weighted by Crippen LogP contribution is -2.30. The molecule has 1 aromatic heterocycles. The minimum atomic E-state index is -3.66. The maximum atomic E-state index is 12.8. The van der Waals surface area contributed by atoms with E-state index in [4.69, 9.17) is 0 Å². The van der Waals surface area contributed by atoms with Gasteiger partial charge in [0.05, 0.1) is 16.8 Å². The summed E-state index contributed by atoms with van der Waals surface area (Å²) in [7, 11) is -2.17. The first-order valence-electron chi connectivity index (χ1n) is 8.92. The molecule has 1 aliphatic heterocycles. The molecule has 9 heteroatoms. The molecule has 148 valence electrons. The number of hydrogen-bond donors (Lipinski definition) is 1. The fraction of sp³-hybridized carbons (Fsp3) is 0.150. The van der Waals surface area contributed by atoms with Gasteiger partial charge in [0.1, 0.15) is 17.9 Å². The average molecular weight is 409 g/mol. The fourth-order valence-corrected chi connectivity index (χ4v) is 4.74. The highest BCUT2D eigenvalue weighted by atomic mass is 32.2. The third-order valence-electron chi connectivity index (χ3n) is 4.77. The predicted molar refractivity (Wildman–Crippen MR) is 110 cm³/mol. The highest BCUT2D eigenvalue weighted by molar-refractivity contribution is 7.93. The van der Waals surface area contributed by atoms with Crippen molar-refractivity contribution in [3.63, 3.8) is 0 Å². The number of anilines is 1. The molecule has 0 saturated heterocycles. The van der Waals surface area contributed by atoms with Crippen molar-refractivity contribution in [3.8, 4) is 11.3 Å². The molecule has 2 aromatic carbocycles. The van der Waals surface area contributed by atoms with E-state index in [9.17, 15) is 13.2 Å². The second-order valence-electron chi connectivity index (χ2n) is 6.61. The minimum Gasteiger partial charge on any atom is -0.271 e. The standard InChI is InChI=1S/C20H19N5O3S/c1-14-20-19(16-10-6-7-11-17(16)29(27,28)24(20)2)23-25(14)13-18(26)22-21-12-15-8-4-3-5-9-15/h3-12H,13H2,1-2H3,(H,22,26)/b21-12+. The van der Waals surface area contributed by atoms with E-state index in [2.05, 4.69) is 15.6 Å². The van der Waals surface area contributed by atoms with E-state index in [0.29, 0.717) is 22.6 Å². The summed E-state index contributed by atoms with van der Waals surface area (Å²) in [5, 5.41) is 8.46. The van der Waals surface area contributed by atoms with Gasteiger partial charge in [-0.3, -0.25) is 13.8 Å². The van der Waals surface area contributed by atoms with Crippen LogP contribution in [0.1, 0.15) is 11.3 Å². The Morgan fingerprint density at radius 3 is 2.59 bits per heavy atom. The van der Waals surface area contributed by atoms with E-state index in [1.807, 2.05) is 30.3 Å². The van der Waals surface area contributed by atoms with E-state index in [0.717, 1.165) is 5.56 Å². The van der Waals surface area contributed by atoms with Crippen LogP contribution in [0.5, 0.6) is 0 Å². The number of nitrogens with one attached hydrogen (secondary N) is 1. The van der Waals surface area contributed by atoms with Gasteiger partial charge in [0.2, 0.25) is 0 Å². The van der Waals surface area contributed by atoms with E-state index in [1.165, 1.54) is 16.0 Å². The Morgan fingerprint density at radius 1 is 1.14 bits per heavy atom. The zero-order valence-corrected chi connectivity index (χ0v) is 16.7. The molecule has 0 bridgehead atoms. The zero-order valence-electron chi connectivity index (χ0n) is 15.9. The molecule has 1 amide bonds. The van der Waals surface area contributed by atoms with Gasteiger partial charge in [-0.15, -0.1) is 0 Å². The molecule has 0 saturated carbocycles. The molecular weight excluding hydrogens is 390 g/mol. The van der Waals surface area contributed by atoms with Crippen LogP contribution < -0.4 is 9.73 Å². The Kier molecular flexibility index (Phi) is 4.67. The summed E-state index contributed by atoms with van der Waals surface area (Å²) in [6.45, 7) is 1.66. The van der Waals surface area contributed by atoms with Crippen molar-refractivity contribution < 1.29 is 13.2 Å². The van der Waals surface area contributed by atoms with Gasteiger partial charge >= 0.3 is 0 Å². The quantitative estimate of drug-likeness (QED) is 0.527. The maximum Gasteiger partial charge on any atom is 0.264 e. The number of carbonyl (C=O) groups excluding carboxylic acids is 1. The number of benzene rings is 2. The van der Waals surface area contributed by atoms with Crippen molar-refractivity contribution in [2.45, 2.75) is 18.4 Å². The summed E-state index contributed by atoms with van der Waals surface area (Å²) < 4.78 is 28.3. The van der Waals surface area contributed by atoms with Crippen molar-refractivity contribution in [1.82, 2.24) is 15.2 Å². The molecule has 1 N–H and O–H groups in total. The lowest BCUT2D eigenvalue weighted by Gasteiger charge is -2.26. The van der Waals surface area contributed by atoms with Crippen molar-refractivity contribution in [2.24, 2.45) is 5.10 Å². The van der Waals surface area contributed by atoms with Gasteiger partial charge in [-0.05, 0) is 18.6 Å². The number of fused-ring (bicyclic) bond motifs is 3. The number of hydrazone groups is 1. The third-order valence-corrected chi connectivity index (χ3v) is 6.58. The van der Waals surface area contributed by atoms with Crippen LogP contribution in [-0.2, 0) is 21.4 Å². The summed E-state index contributed by atoms with van der Waals surface area (Å²) in [5.74, 6) is -0.362. The predicted octanol–water partition coefficient (Wildman–Crippen LogP) is 2.15. The number of hydrogen-bond acceptors (Lipinski definition) is 5. The Labute approximate surface area is 168 Å². The summed E-state index contributed by atoms with van der Waals surface area (Å²) in [6.07, 6.45) is 1.55. The molecule has 2 heterocycles. The molecule has 0 atom stereocenters. The van der Waals surface area contributed by atoms with Crippen LogP contribution in [0.3, 0.4) is 0 Å². The van der Waals surface area contributed by atoms with Crippen molar-refractivity contribution in [3.05, 3.63) is 65.9 Å². The number of carbonyl (C=O) groups is 1. The monoisotopic (exact) mass is 409 g/mol. The highest BCUT2D eigenvalue weighted by Gasteiger charge is 2.36. The van der Waals surface area contributed by atoms with Gasteiger partial charge in [-0.2, -0.15) is 10.2 Å². The second kappa shape index (κ2) is 7.17. The zero-order chi connectivity index (χ0) is 20.6. The number of rotatable bonds is 4. The molecule has 4 rings (SSSR count). The topological polar surface area (TPSA) is 96.7 Å². The van der Waals surface area contributed by atoms with Crippen molar-refractivity contribution >= 4 is 27.8 Å². The van der Waals surface area contributed by atoms with Gasteiger partial charge < -0.3 is 0 Å². The molecule has 0 spiro atoms. The van der Waals surface area contributed by atoms with Gasteiger partial charge in [-0.1, -0.05) is 48.5 Å². The Hall–Kier alpha value is -3.46. The molecule has 29 heavy (non-hydrogen) atoms. The number of amides is 1. The first kappa shape index (κ1) is 18.9. The molecule has 0 aliphatic carbocycles. The Balaban J connectivity index is 1.60. The van der Waals surface area contributed by atoms with Crippen LogP contribution in [-0.4, -0.2) is 37.4 Å². The SMILES string of the molecule is Cc1c2c(nn1CC(=O)N/N=C/c1ccccc1)-c1ccccc1S(=O)(=O)N2C. The normalized spacial score (nSPS) is 14.5. The summed E-state index contributed by atoms with van der Waals surface area (Å²) >= 11 is 0. The minimum absolute atomic E-state index is 0.0823. The van der Waals surface area contributed by atoms with E-state index in [1.54, 1.807) is 37.4 Å².